The van der Waals surface area contributed by atoms with Crippen molar-refractivity contribution >= 4 is 12.0 Å². The van der Waals surface area contributed by atoms with Gasteiger partial charge < -0.3 is 14.5 Å². The molecule has 8 nitrogen and oxygen atoms in total. The van der Waals surface area contributed by atoms with Crippen LogP contribution in [0.1, 0.15) is 29.3 Å². The van der Waals surface area contributed by atoms with E-state index in [1.54, 1.807) is 17.3 Å². The van der Waals surface area contributed by atoms with Crippen LogP contribution in [0.25, 0.3) is 5.69 Å². The highest BCUT2D eigenvalue weighted by atomic mass is 16.6. The van der Waals surface area contributed by atoms with Crippen LogP contribution in [0.3, 0.4) is 0 Å². The molecule has 2 amide bonds. The Labute approximate surface area is 164 Å². The Balaban J connectivity index is 1.82. The third-order valence-corrected chi connectivity index (χ3v) is 4.82. The lowest BCUT2D eigenvalue weighted by molar-refractivity contribution is 0.0696. The first-order valence-corrected chi connectivity index (χ1v) is 9.32. The van der Waals surface area contributed by atoms with E-state index in [2.05, 4.69) is 16.8 Å². The monoisotopic (exact) mass is 383 g/mol. The Morgan fingerprint density at radius 3 is 2.71 bits per heavy atom. The van der Waals surface area contributed by atoms with Gasteiger partial charge in [0.15, 0.2) is 0 Å². The first kappa shape index (κ1) is 19.6. The van der Waals surface area contributed by atoms with Crippen molar-refractivity contribution < 1.29 is 14.3 Å². The van der Waals surface area contributed by atoms with Gasteiger partial charge in [0.05, 0.1) is 23.6 Å². The summed E-state index contributed by atoms with van der Waals surface area (Å²) < 4.78 is 5.13. The molecular weight excluding hydrogens is 358 g/mol. The summed E-state index contributed by atoms with van der Waals surface area (Å²) in [5, 5.41) is 8.33. The van der Waals surface area contributed by atoms with Crippen LogP contribution in [0.5, 0.6) is 0 Å². The van der Waals surface area contributed by atoms with Crippen molar-refractivity contribution in [2.24, 2.45) is 0 Å². The van der Waals surface area contributed by atoms with Gasteiger partial charge in [-0.15, -0.1) is 0 Å². The topological polar surface area (TPSA) is 80.6 Å². The summed E-state index contributed by atoms with van der Waals surface area (Å²) in [6.45, 7) is 9.07. The number of carbonyl (C=O) groups is 2. The quantitative estimate of drug-likeness (QED) is 0.758. The van der Waals surface area contributed by atoms with Gasteiger partial charge in [-0.05, 0) is 32.4 Å². The number of rotatable bonds is 4. The van der Waals surface area contributed by atoms with Gasteiger partial charge in [-0.3, -0.25) is 4.79 Å². The lowest BCUT2D eigenvalue weighted by Gasteiger charge is -2.27. The van der Waals surface area contributed by atoms with E-state index in [0.717, 1.165) is 5.56 Å². The van der Waals surface area contributed by atoms with Crippen molar-refractivity contribution in [1.82, 2.24) is 24.8 Å². The van der Waals surface area contributed by atoms with Crippen molar-refractivity contribution in [3.63, 3.8) is 0 Å². The molecule has 3 rings (SSSR count). The molecule has 0 radical (unpaired) electrons. The highest BCUT2D eigenvalue weighted by molar-refractivity contribution is 5.98. The molecule has 0 bridgehead atoms. The average Bonchev–Trinajstić information content (AvgIpc) is 3.15. The second-order valence-corrected chi connectivity index (χ2v) is 6.83. The Bertz CT molecular complexity index is 850. The zero-order valence-corrected chi connectivity index (χ0v) is 16.2. The number of benzene rings is 1. The zero-order valence-electron chi connectivity index (χ0n) is 16.2. The second kappa shape index (κ2) is 8.69. The maximum Gasteiger partial charge on any atom is 0.410 e. The highest BCUT2D eigenvalue weighted by Gasteiger charge is 2.29. The van der Waals surface area contributed by atoms with Gasteiger partial charge in [0.2, 0.25) is 0 Å². The van der Waals surface area contributed by atoms with Crippen LogP contribution in [0, 0.1) is 6.92 Å². The first-order chi connectivity index (χ1) is 13.5. The molecule has 0 aliphatic carbocycles. The summed E-state index contributed by atoms with van der Waals surface area (Å²) in [6.07, 6.45) is 5.00. The molecule has 28 heavy (non-hydrogen) atoms. The smallest absolute Gasteiger partial charge is 0.410 e. The molecule has 1 aliphatic rings. The molecule has 0 N–H and O–H groups in total. The summed E-state index contributed by atoms with van der Waals surface area (Å²) in [5.41, 5.74) is 2.17. The van der Waals surface area contributed by atoms with E-state index in [-0.39, 0.29) is 24.6 Å². The highest BCUT2D eigenvalue weighted by Crippen LogP contribution is 2.21. The van der Waals surface area contributed by atoms with Crippen molar-refractivity contribution in [3.05, 3.63) is 54.4 Å². The minimum absolute atomic E-state index is 0.0105. The van der Waals surface area contributed by atoms with Crippen LogP contribution in [-0.4, -0.2) is 69.1 Å². The Morgan fingerprint density at radius 2 is 2.00 bits per heavy atom. The predicted molar refractivity (Wildman–Crippen MR) is 104 cm³/mol. The van der Waals surface area contributed by atoms with E-state index in [1.165, 1.54) is 10.9 Å². The number of aryl methyl sites for hydroxylation is 1. The summed E-state index contributed by atoms with van der Waals surface area (Å²) >= 11 is 0. The maximum absolute atomic E-state index is 13.4. The molecule has 2 aromatic rings. The van der Waals surface area contributed by atoms with Crippen LogP contribution in [0.2, 0.25) is 0 Å². The number of hydrogen-bond acceptors (Lipinski definition) is 5. The molecule has 8 heteroatoms. The summed E-state index contributed by atoms with van der Waals surface area (Å²) in [6, 6.07) is 5.63. The molecule has 1 aromatic carbocycles. The molecule has 1 atom stereocenters. The molecule has 1 fully saturated rings. The van der Waals surface area contributed by atoms with E-state index < -0.39 is 0 Å². The molecule has 1 unspecified atom stereocenters. The molecule has 1 aromatic heterocycles. The molecule has 1 aliphatic heterocycles. The Morgan fingerprint density at radius 1 is 1.25 bits per heavy atom. The maximum atomic E-state index is 13.4. The van der Waals surface area contributed by atoms with Gasteiger partial charge in [-0.25, -0.2) is 4.79 Å². The fourth-order valence-corrected chi connectivity index (χ4v) is 3.26. The molecule has 1 saturated heterocycles. The minimum atomic E-state index is -0.376. The van der Waals surface area contributed by atoms with Crippen LogP contribution >= 0.6 is 0 Å². The third kappa shape index (κ3) is 4.21. The lowest BCUT2D eigenvalue weighted by atomic mass is 10.1. The van der Waals surface area contributed by atoms with Crippen LogP contribution in [-0.2, 0) is 4.74 Å². The largest absolute Gasteiger partial charge is 0.445 e. The first-order valence-electron chi connectivity index (χ1n) is 9.32. The predicted octanol–water partition coefficient (Wildman–Crippen LogP) is 2.43. The van der Waals surface area contributed by atoms with E-state index in [0.29, 0.717) is 37.3 Å². The summed E-state index contributed by atoms with van der Waals surface area (Å²) in [4.78, 5) is 30.4. The van der Waals surface area contributed by atoms with Crippen molar-refractivity contribution in [1.29, 1.82) is 0 Å². The van der Waals surface area contributed by atoms with Gasteiger partial charge in [-0.2, -0.15) is 15.0 Å². The van der Waals surface area contributed by atoms with Crippen LogP contribution in [0.15, 0.2) is 43.2 Å². The van der Waals surface area contributed by atoms with Crippen molar-refractivity contribution in [3.8, 4) is 5.69 Å². The number of amides is 2. The number of ether oxygens (including phenoxy) is 1. The van der Waals surface area contributed by atoms with E-state index >= 15 is 0 Å². The summed E-state index contributed by atoms with van der Waals surface area (Å²) in [5.74, 6) is -0.0928. The number of nitrogens with zero attached hydrogens (tertiary/aromatic N) is 5. The van der Waals surface area contributed by atoms with E-state index in [9.17, 15) is 9.59 Å². The molecular formula is C20H25N5O3. The van der Waals surface area contributed by atoms with Crippen LogP contribution < -0.4 is 0 Å². The van der Waals surface area contributed by atoms with Gasteiger partial charge in [0.25, 0.3) is 5.91 Å². The normalized spacial score (nSPS) is 17.1. The second-order valence-electron chi connectivity index (χ2n) is 6.83. The van der Waals surface area contributed by atoms with Crippen LogP contribution in [0.4, 0.5) is 4.79 Å². The number of hydrogen-bond donors (Lipinski definition) is 0. The molecule has 148 valence electrons. The summed E-state index contributed by atoms with van der Waals surface area (Å²) in [7, 11) is 0. The molecule has 2 heterocycles. The van der Waals surface area contributed by atoms with Gasteiger partial charge in [-0.1, -0.05) is 24.3 Å². The van der Waals surface area contributed by atoms with E-state index in [4.69, 9.17) is 4.74 Å². The molecule has 0 spiro atoms. The Hall–Kier alpha value is -3.16. The standard InChI is InChI=1S/C20H25N5O3/c1-4-13-28-20(27)23-10-7-16(3)24(12-11-23)19(26)17-14-15(2)5-6-18(17)25-21-8-9-22-25/h4-6,8-9,14,16H,1,7,10-13H2,2-3H3. The third-order valence-electron chi connectivity index (χ3n) is 4.82. The van der Waals surface area contributed by atoms with Gasteiger partial charge >= 0.3 is 6.09 Å². The minimum Gasteiger partial charge on any atom is -0.445 e. The Kier molecular flexibility index (Phi) is 6.08. The lowest BCUT2D eigenvalue weighted by Crippen LogP contribution is -2.41. The van der Waals surface area contributed by atoms with Crippen molar-refractivity contribution in [2.75, 3.05) is 26.2 Å². The van der Waals surface area contributed by atoms with E-state index in [1.807, 2.05) is 36.9 Å². The number of aromatic nitrogens is 3. The SMILES string of the molecule is C=CCOC(=O)N1CCC(C)N(C(=O)c2cc(C)ccc2-n2nccn2)CC1. The van der Waals surface area contributed by atoms with Gasteiger partial charge in [0.1, 0.15) is 6.61 Å². The van der Waals surface area contributed by atoms with Gasteiger partial charge in [0, 0.05) is 25.7 Å². The van der Waals surface area contributed by atoms with Crippen molar-refractivity contribution in [2.45, 2.75) is 26.3 Å². The fraction of sp³-hybridized carbons (Fsp3) is 0.400. The number of carbonyl (C=O) groups excluding carboxylic acids is 2. The zero-order chi connectivity index (χ0) is 20.1. The molecule has 0 saturated carbocycles. The fourth-order valence-electron chi connectivity index (χ4n) is 3.26. The average molecular weight is 383 g/mol.